The molecule has 23 heavy (non-hydrogen) atoms. The van der Waals surface area contributed by atoms with Crippen LogP contribution in [0.15, 0.2) is 4.99 Å². The van der Waals surface area contributed by atoms with Gasteiger partial charge in [-0.15, -0.1) is 24.0 Å². The van der Waals surface area contributed by atoms with Crippen LogP contribution in [0.4, 0.5) is 0 Å². The first-order chi connectivity index (χ1) is 10.7. The third-order valence-electron chi connectivity index (χ3n) is 5.22. The van der Waals surface area contributed by atoms with E-state index in [0.29, 0.717) is 6.04 Å². The fourth-order valence-electron chi connectivity index (χ4n) is 3.47. The average molecular weight is 437 g/mol. The van der Waals surface area contributed by atoms with E-state index in [9.17, 15) is 0 Å². The predicted octanol–water partition coefficient (Wildman–Crippen LogP) is 1.99. The molecule has 5 nitrogen and oxygen atoms in total. The molecule has 1 unspecified atom stereocenters. The van der Waals surface area contributed by atoms with Crippen LogP contribution in [-0.2, 0) is 0 Å². The van der Waals surface area contributed by atoms with E-state index in [1.807, 2.05) is 7.05 Å². The highest BCUT2D eigenvalue weighted by atomic mass is 127. The molecule has 2 N–H and O–H groups in total. The maximum Gasteiger partial charge on any atom is 0.191 e. The van der Waals surface area contributed by atoms with Crippen LogP contribution in [0.25, 0.3) is 0 Å². The van der Waals surface area contributed by atoms with Crippen LogP contribution < -0.4 is 10.6 Å². The van der Waals surface area contributed by atoms with Crippen LogP contribution >= 0.6 is 24.0 Å². The van der Waals surface area contributed by atoms with Gasteiger partial charge in [0.15, 0.2) is 5.96 Å². The third kappa shape index (κ3) is 7.56. The number of rotatable bonds is 6. The van der Waals surface area contributed by atoms with Gasteiger partial charge in [0.25, 0.3) is 0 Å². The Morgan fingerprint density at radius 2 is 1.87 bits per heavy atom. The van der Waals surface area contributed by atoms with E-state index in [4.69, 9.17) is 0 Å². The first kappa shape index (κ1) is 21.0. The first-order valence-electron chi connectivity index (χ1n) is 9.06. The number of halogens is 1. The van der Waals surface area contributed by atoms with Gasteiger partial charge in [-0.05, 0) is 71.2 Å². The lowest BCUT2D eigenvalue weighted by atomic mass is 9.99. The Bertz CT molecular complexity index is 342. The van der Waals surface area contributed by atoms with E-state index >= 15 is 0 Å². The van der Waals surface area contributed by atoms with Crippen molar-refractivity contribution in [2.45, 2.75) is 45.1 Å². The first-order valence-corrected chi connectivity index (χ1v) is 9.06. The van der Waals surface area contributed by atoms with Gasteiger partial charge in [-0.3, -0.25) is 4.99 Å². The van der Waals surface area contributed by atoms with Gasteiger partial charge in [-0.25, -0.2) is 0 Å². The standard InChI is InChI=1S/C17H35N5.HI/c1-15-7-12-22(13-8-15)11-5-9-19-17(18-2)20-14-16-6-4-10-21(16)3;/h15-16H,4-14H2,1-3H3,(H2,18,19,20);1H. The van der Waals surface area contributed by atoms with Crippen molar-refractivity contribution in [3.63, 3.8) is 0 Å². The Labute approximate surface area is 159 Å². The number of nitrogens with zero attached hydrogens (tertiary/aromatic N) is 3. The van der Waals surface area contributed by atoms with Crippen molar-refractivity contribution in [2.75, 3.05) is 53.4 Å². The van der Waals surface area contributed by atoms with Crippen molar-refractivity contribution >= 4 is 29.9 Å². The highest BCUT2D eigenvalue weighted by Crippen LogP contribution is 2.15. The maximum atomic E-state index is 4.33. The number of aliphatic imine (C=N–C) groups is 1. The molecule has 0 radical (unpaired) electrons. The second kappa shape index (κ2) is 11.5. The summed E-state index contributed by atoms with van der Waals surface area (Å²) in [6.45, 7) is 9.38. The predicted molar refractivity (Wildman–Crippen MR) is 110 cm³/mol. The van der Waals surface area contributed by atoms with Gasteiger partial charge in [0.05, 0.1) is 0 Å². The van der Waals surface area contributed by atoms with Crippen LogP contribution in [0, 0.1) is 5.92 Å². The van der Waals surface area contributed by atoms with Crippen LogP contribution in [0.5, 0.6) is 0 Å². The summed E-state index contributed by atoms with van der Waals surface area (Å²) in [7, 11) is 4.08. The van der Waals surface area contributed by atoms with E-state index < -0.39 is 0 Å². The van der Waals surface area contributed by atoms with Crippen LogP contribution in [0.1, 0.15) is 39.0 Å². The summed E-state index contributed by atoms with van der Waals surface area (Å²) in [4.78, 5) is 9.38. The van der Waals surface area contributed by atoms with Gasteiger partial charge < -0.3 is 20.4 Å². The van der Waals surface area contributed by atoms with Crippen molar-refractivity contribution in [3.05, 3.63) is 0 Å². The fourth-order valence-corrected chi connectivity index (χ4v) is 3.47. The van der Waals surface area contributed by atoms with E-state index in [2.05, 4.69) is 39.4 Å². The van der Waals surface area contributed by atoms with E-state index in [1.54, 1.807) is 0 Å². The van der Waals surface area contributed by atoms with Crippen LogP contribution in [-0.4, -0.2) is 75.2 Å². The third-order valence-corrected chi connectivity index (χ3v) is 5.22. The van der Waals surface area contributed by atoms with E-state index in [1.165, 1.54) is 58.3 Å². The molecule has 2 aliphatic heterocycles. The number of likely N-dealkylation sites (N-methyl/N-ethyl adjacent to an activating group) is 1. The van der Waals surface area contributed by atoms with Crippen molar-refractivity contribution in [1.82, 2.24) is 20.4 Å². The highest BCUT2D eigenvalue weighted by molar-refractivity contribution is 14.0. The molecule has 0 aromatic heterocycles. The number of nitrogens with one attached hydrogen (secondary N) is 2. The Kier molecular flexibility index (Phi) is 10.5. The molecule has 2 aliphatic rings. The van der Waals surface area contributed by atoms with Crippen molar-refractivity contribution in [2.24, 2.45) is 10.9 Å². The molecule has 0 amide bonds. The molecular formula is C17H36IN5. The molecule has 2 fully saturated rings. The fraction of sp³-hybridized carbons (Fsp3) is 0.941. The summed E-state index contributed by atoms with van der Waals surface area (Å²) in [5, 5.41) is 6.92. The maximum absolute atomic E-state index is 4.33. The van der Waals surface area contributed by atoms with E-state index in [0.717, 1.165) is 25.0 Å². The molecule has 0 aromatic rings. The minimum Gasteiger partial charge on any atom is -0.356 e. The monoisotopic (exact) mass is 437 g/mol. The number of piperidine rings is 1. The molecule has 0 saturated carbocycles. The topological polar surface area (TPSA) is 42.9 Å². The van der Waals surface area contributed by atoms with Gasteiger partial charge >= 0.3 is 0 Å². The summed E-state index contributed by atoms with van der Waals surface area (Å²) >= 11 is 0. The second-order valence-corrected chi connectivity index (χ2v) is 7.03. The molecule has 0 aromatic carbocycles. The van der Waals surface area contributed by atoms with Gasteiger partial charge in [0.2, 0.25) is 0 Å². The molecule has 2 heterocycles. The molecule has 2 rings (SSSR count). The quantitative estimate of drug-likeness (QED) is 0.289. The summed E-state index contributed by atoms with van der Waals surface area (Å²) in [5.41, 5.74) is 0. The number of hydrogen-bond donors (Lipinski definition) is 2. The number of hydrogen-bond acceptors (Lipinski definition) is 3. The summed E-state index contributed by atoms with van der Waals surface area (Å²) in [5.74, 6) is 1.87. The molecule has 6 heteroatoms. The largest absolute Gasteiger partial charge is 0.356 e. The molecule has 2 saturated heterocycles. The lowest BCUT2D eigenvalue weighted by Crippen LogP contribution is -2.44. The molecule has 1 atom stereocenters. The minimum absolute atomic E-state index is 0. The molecule has 0 aliphatic carbocycles. The van der Waals surface area contributed by atoms with Crippen LogP contribution in [0.2, 0.25) is 0 Å². The molecule has 0 bridgehead atoms. The zero-order valence-electron chi connectivity index (χ0n) is 15.2. The van der Waals surface area contributed by atoms with Crippen LogP contribution in [0.3, 0.4) is 0 Å². The normalized spacial score (nSPS) is 24.5. The SMILES string of the molecule is CN=C(NCCCN1CCC(C)CC1)NCC1CCCN1C.I. The van der Waals surface area contributed by atoms with Gasteiger partial charge in [-0.1, -0.05) is 6.92 Å². The molecular weight excluding hydrogens is 401 g/mol. The molecule has 0 spiro atoms. The Morgan fingerprint density at radius 1 is 1.13 bits per heavy atom. The summed E-state index contributed by atoms with van der Waals surface area (Å²) < 4.78 is 0. The van der Waals surface area contributed by atoms with Crippen molar-refractivity contribution in [3.8, 4) is 0 Å². The average Bonchev–Trinajstić information content (AvgIpc) is 2.93. The zero-order chi connectivity index (χ0) is 15.8. The smallest absolute Gasteiger partial charge is 0.191 e. The summed E-state index contributed by atoms with van der Waals surface area (Å²) in [6, 6.07) is 0.661. The number of likely N-dealkylation sites (tertiary alicyclic amines) is 2. The number of guanidine groups is 1. The Balaban J connectivity index is 0.00000264. The van der Waals surface area contributed by atoms with Crippen molar-refractivity contribution in [1.29, 1.82) is 0 Å². The Morgan fingerprint density at radius 3 is 2.48 bits per heavy atom. The zero-order valence-corrected chi connectivity index (χ0v) is 17.5. The van der Waals surface area contributed by atoms with Gasteiger partial charge in [0, 0.05) is 26.2 Å². The lowest BCUT2D eigenvalue weighted by Gasteiger charge is -2.30. The molecule has 136 valence electrons. The summed E-state index contributed by atoms with van der Waals surface area (Å²) in [6.07, 6.45) is 6.55. The Hall–Kier alpha value is -0.0800. The van der Waals surface area contributed by atoms with Gasteiger partial charge in [0.1, 0.15) is 0 Å². The highest BCUT2D eigenvalue weighted by Gasteiger charge is 2.20. The minimum atomic E-state index is 0. The van der Waals surface area contributed by atoms with Crippen molar-refractivity contribution < 1.29 is 0 Å². The van der Waals surface area contributed by atoms with Gasteiger partial charge in [-0.2, -0.15) is 0 Å². The second-order valence-electron chi connectivity index (χ2n) is 7.03. The lowest BCUT2D eigenvalue weighted by molar-refractivity contribution is 0.191. The van der Waals surface area contributed by atoms with E-state index in [-0.39, 0.29) is 24.0 Å².